The van der Waals surface area contributed by atoms with Crippen molar-refractivity contribution in [2.45, 2.75) is 18.7 Å². The SMILES string of the molecule is O=S1(=O)CC(O)C(NCc2cncs2)C1. The molecular weight excluding hydrogens is 236 g/mol. The van der Waals surface area contributed by atoms with Gasteiger partial charge >= 0.3 is 0 Å². The normalized spacial score (nSPS) is 29.4. The average Bonchev–Trinajstić information content (AvgIpc) is 2.70. The van der Waals surface area contributed by atoms with Gasteiger partial charge in [-0.2, -0.15) is 0 Å². The summed E-state index contributed by atoms with van der Waals surface area (Å²) in [6, 6.07) is -0.350. The first-order chi connectivity index (χ1) is 7.07. The Kier molecular flexibility index (Phi) is 3.06. The lowest BCUT2D eigenvalue weighted by atomic mass is 10.2. The van der Waals surface area contributed by atoms with Gasteiger partial charge in [0.1, 0.15) is 0 Å². The second-order valence-corrected chi connectivity index (χ2v) is 6.72. The van der Waals surface area contributed by atoms with Crippen LogP contribution in [0.1, 0.15) is 4.88 Å². The van der Waals surface area contributed by atoms with Crippen molar-refractivity contribution >= 4 is 21.2 Å². The van der Waals surface area contributed by atoms with Crippen molar-refractivity contribution in [3.63, 3.8) is 0 Å². The molecule has 0 radical (unpaired) electrons. The molecule has 1 aromatic rings. The van der Waals surface area contributed by atoms with E-state index in [1.54, 1.807) is 11.7 Å². The van der Waals surface area contributed by atoms with E-state index in [2.05, 4.69) is 10.3 Å². The number of thiazole rings is 1. The smallest absolute Gasteiger partial charge is 0.154 e. The first-order valence-corrected chi connectivity index (χ1v) is 7.26. The topological polar surface area (TPSA) is 79.3 Å². The fraction of sp³-hybridized carbons (Fsp3) is 0.625. The van der Waals surface area contributed by atoms with Crippen molar-refractivity contribution in [1.29, 1.82) is 0 Å². The van der Waals surface area contributed by atoms with E-state index in [1.807, 2.05) is 0 Å². The number of aliphatic hydroxyl groups excluding tert-OH is 1. The minimum absolute atomic E-state index is 0.0208. The Labute approximate surface area is 92.1 Å². The molecule has 1 aliphatic rings. The van der Waals surface area contributed by atoms with Crippen LogP contribution in [0, 0.1) is 0 Å². The van der Waals surface area contributed by atoms with Gasteiger partial charge < -0.3 is 10.4 Å². The van der Waals surface area contributed by atoms with Crippen LogP contribution in [0.2, 0.25) is 0 Å². The summed E-state index contributed by atoms with van der Waals surface area (Å²) in [4.78, 5) is 4.95. The fourth-order valence-electron chi connectivity index (χ4n) is 1.59. The van der Waals surface area contributed by atoms with Crippen LogP contribution in [0.15, 0.2) is 11.7 Å². The number of nitrogens with one attached hydrogen (secondary N) is 1. The molecule has 0 bridgehead atoms. The van der Waals surface area contributed by atoms with Crippen LogP contribution < -0.4 is 5.32 Å². The van der Waals surface area contributed by atoms with E-state index < -0.39 is 15.9 Å². The molecule has 0 amide bonds. The molecule has 84 valence electrons. The molecule has 1 aromatic heterocycles. The summed E-state index contributed by atoms with van der Waals surface area (Å²) < 4.78 is 22.4. The Morgan fingerprint density at radius 1 is 1.60 bits per heavy atom. The van der Waals surface area contributed by atoms with E-state index in [9.17, 15) is 13.5 Å². The maximum Gasteiger partial charge on any atom is 0.154 e. The predicted octanol–water partition coefficient (Wildman–Crippen LogP) is -0.609. The quantitative estimate of drug-likeness (QED) is 0.746. The summed E-state index contributed by atoms with van der Waals surface area (Å²) in [7, 11) is -3.06. The van der Waals surface area contributed by atoms with Crippen molar-refractivity contribution in [3.8, 4) is 0 Å². The largest absolute Gasteiger partial charge is 0.390 e. The first-order valence-electron chi connectivity index (χ1n) is 4.56. The number of hydrogen-bond donors (Lipinski definition) is 2. The highest BCUT2D eigenvalue weighted by atomic mass is 32.2. The van der Waals surface area contributed by atoms with Crippen LogP contribution in [0.25, 0.3) is 0 Å². The van der Waals surface area contributed by atoms with E-state index in [0.29, 0.717) is 6.54 Å². The Hall–Kier alpha value is -0.500. The van der Waals surface area contributed by atoms with Gasteiger partial charge in [0, 0.05) is 23.7 Å². The van der Waals surface area contributed by atoms with Crippen molar-refractivity contribution in [3.05, 3.63) is 16.6 Å². The molecule has 1 fully saturated rings. The molecule has 2 unspecified atom stereocenters. The van der Waals surface area contributed by atoms with E-state index >= 15 is 0 Å². The molecule has 2 rings (SSSR count). The first kappa shape index (κ1) is 11.0. The molecule has 1 saturated heterocycles. The van der Waals surface area contributed by atoms with Crippen molar-refractivity contribution < 1.29 is 13.5 Å². The minimum atomic E-state index is -3.06. The van der Waals surface area contributed by atoms with E-state index in [0.717, 1.165) is 4.88 Å². The van der Waals surface area contributed by atoms with Gasteiger partial charge in [0.05, 0.1) is 23.1 Å². The summed E-state index contributed by atoms with van der Waals surface area (Å²) in [5, 5.41) is 12.5. The van der Waals surface area contributed by atoms with Crippen molar-refractivity contribution in [1.82, 2.24) is 10.3 Å². The van der Waals surface area contributed by atoms with Gasteiger partial charge in [-0.15, -0.1) is 11.3 Å². The van der Waals surface area contributed by atoms with Gasteiger partial charge in [-0.3, -0.25) is 4.98 Å². The van der Waals surface area contributed by atoms with Crippen molar-refractivity contribution in [2.24, 2.45) is 0 Å². The van der Waals surface area contributed by atoms with E-state index in [4.69, 9.17) is 0 Å². The third-order valence-electron chi connectivity index (χ3n) is 2.34. The maximum atomic E-state index is 11.2. The molecule has 1 aliphatic heterocycles. The van der Waals surface area contributed by atoms with Gasteiger partial charge in [-0.25, -0.2) is 8.42 Å². The molecule has 0 aliphatic carbocycles. The Morgan fingerprint density at radius 2 is 2.40 bits per heavy atom. The number of rotatable bonds is 3. The highest BCUT2D eigenvalue weighted by molar-refractivity contribution is 7.91. The van der Waals surface area contributed by atoms with E-state index in [1.165, 1.54) is 11.3 Å². The van der Waals surface area contributed by atoms with Crippen LogP contribution >= 0.6 is 11.3 Å². The summed E-state index contributed by atoms with van der Waals surface area (Å²) >= 11 is 1.50. The molecule has 2 atom stereocenters. The van der Waals surface area contributed by atoms with Crippen LogP contribution in [0.4, 0.5) is 0 Å². The molecular formula is C8H12N2O3S2. The zero-order valence-electron chi connectivity index (χ0n) is 7.96. The van der Waals surface area contributed by atoms with Gasteiger partial charge in [-0.05, 0) is 0 Å². The molecule has 0 spiro atoms. The zero-order valence-corrected chi connectivity index (χ0v) is 9.59. The fourth-order valence-corrected chi connectivity index (χ4v) is 3.91. The lowest BCUT2D eigenvalue weighted by molar-refractivity contribution is 0.165. The minimum Gasteiger partial charge on any atom is -0.390 e. The Morgan fingerprint density at radius 3 is 2.93 bits per heavy atom. The van der Waals surface area contributed by atoms with Gasteiger partial charge in [0.15, 0.2) is 9.84 Å². The Balaban J connectivity index is 1.91. The highest BCUT2D eigenvalue weighted by Gasteiger charge is 2.35. The van der Waals surface area contributed by atoms with Crippen LogP contribution in [0.3, 0.4) is 0 Å². The molecule has 5 nitrogen and oxygen atoms in total. The number of aliphatic hydroxyl groups is 1. The number of aromatic nitrogens is 1. The number of hydrogen-bond acceptors (Lipinski definition) is 6. The molecule has 2 heterocycles. The Bertz CT molecular complexity index is 415. The van der Waals surface area contributed by atoms with Gasteiger partial charge in [0.2, 0.25) is 0 Å². The molecule has 0 saturated carbocycles. The molecule has 7 heteroatoms. The van der Waals surface area contributed by atoms with Crippen LogP contribution in [-0.4, -0.2) is 42.2 Å². The third kappa shape index (κ3) is 2.75. The maximum absolute atomic E-state index is 11.2. The number of nitrogens with zero attached hydrogens (tertiary/aromatic N) is 1. The summed E-state index contributed by atoms with van der Waals surface area (Å²) in [6.07, 6.45) is 0.941. The second kappa shape index (κ2) is 4.17. The monoisotopic (exact) mass is 248 g/mol. The lowest BCUT2D eigenvalue weighted by Crippen LogP contribution is -2.38. The third-order valence-corrected chi connectivity index (χ3v) is 4.84. The average molecular weight is 248 g/mol. The van der Waals surface area contributed by atoms with E-state index in [-0.39, 0.29) is 17.5 Å². The van der Waals surface area contributed by atoms with Crippen molar-refractivity contribution in [2.75, 3.05) is 11.5 Å². The van der Waals surface area contributed by atoms with Gasteiger partial charge in [0.25, 0.3) is 0 Å². The molecule has 2 N–H and O–H groups in total. The standard InChI is InChI=1S/C8H12N2O3S2/c11-8-4-15(12,13)3-7(8)10-2-6-1-9-5-14-6/h1,5,7-8,10-11H,2-4H2. The second-order valence-electron chi connectivity index (χ2n) is 3.60. The van der Waals surface area contributed by atoms with Crippen LogP contribution in [0.5, 0.6) is 0 Å². The lowest BCUT2D eigenvalue weighted by Gasteiger charge is -2.13. The molecule has 15 heavy (non-hydrogen) atoms. The molecule has 0 aromatic carbocycles. The summed E-state index contributed by atoms with van der Waals surface area (Å²) in [5.41, 5.74) is 1.72. The summed E-state index contributed by atoms with van der Waals surface area (Å²) in [5.74, 6) is -0.111. The summed E-state index contributed by atoms with van der Waals surface area (Å²) in [6.45, 7) is 0.557. The zero-order chi connectivity index (χ0) is 10.9. The predicted molar refractivity (Wildman–Crippen MR) is 57.4 cm³/mol. The highest BCUT2D eigenvalue weighted by Crippen LogP contribution is 2.13. The number of sulfone groups is 1. The van der Waals surface area contributed by atoms with Gasteiger partial charge in [-0.1, -0.05) is 0 Å². The van der Waals surface area contributed by atoms with Crippen LogP contribution in [-0.2, 0) is 16.4 Å².